The first kappa shape index (κ1) is 18.0. The Labute approximate surface area is 174 Å². The Kier molecular flexibility index (Phi) is 4.42. The standard InChI is InChI=1S/C19H16ClN7OS/c20-13-5-15(24-8-23-13)27-14-4-1-10-11(26-14)2-3-12-16(10)17-18(29-12)19(28)25-9(6-21)7-22-17/h1-5,8-9,22H,6-7,21H2,(H,25,28)(H,23,24,26,27)/t9-/m1/s1. The number of aromatic nitrogens is 3. The molecule has 8 nitrogen and oxygen atoms in total. The van der Waals surface area contributed by atoms with Gasteiger partial charge in [-0.2, -0.15) is 0 Å². The average molecular weight is 426 g/mol. The van der Waals surface area contributed by atoms with Gasteiger partial charge in [0.2, 0.25) is 0 Å². The van der Waals surface area contributed by atoms with Gasteiger partial charge >= 0.3 is 0 Å². The maximum absolute atomic E-state index is 12.6. The van der Waals surface area contributed by atoms with Crippen molar-refractivity contribution in [2.24, 2.45) is 5.73 Å². The van der Waals surface area contributed by atoms with E-state index in [0.717, 1.165) is 26.7 Å². The highest BCUT2D eigenvalue weighted by Gasteiger charge is 2.25. The summed E-state index contributed by atoms with van der Waals surface area (Å²) < 4.78 is 1.03. The van der Waals surface area contributed by atoms with Crippen LogP contribution in [0.3, 0.4) is 0 Å². The molecule has 5 N–H and O–H groups in total. The number of nitrogens with two attached hydrogens (primary N) is 1. The summed E-state index contributed by atoms with van der Waals surface area (Å²) in [5, 5.41) is 11.8. The minimum absolute atomic E-state index is 0.0957. The number of thiophene rings is 1. The third-order valence-corrected chi connectivity index (χ3v) is 6.12. The molecule has 0 spiro atoms. The van der Waals surface area contributed by atoms with Gasteiger partial charge in [0.15, 0.2) is 0 Å². The van der Waals surface area contributed by atoms with E-state index in [2.05, 4.69) is 25.9 Å². The Morgan fingerprint density at radius 1 is 1.24 bits per heavy atom. The predicted molar refractivity (Wildman–Crippen MR) is 116 cm³/mol. The first-order chi connectivity index (χ1) is 14.1. The summed E-state index contributed by atoms with van der Waals surface area (Å²) in [6.07, 6.45) is 1.39. The monoisotopic (exact) mass is 425 g/mol. The summed E-state index contributed by atoms with van der Waals surface area (Å²) in [4.78, 5) is 26.0. The predicted octanol–water partition coefficient (Wildman–Crippen LogP) is 3.12. The second-order valence-corrected chi connectivity index (χ2v) is 8.09. The summed E-state index contributed by atoms with van der Waals surface area (Å²) in [5.74, 6) is 1.11. The van der Waals surface area contributed by atoms with E-state index in [1.165, 1.54) is 17.7 Å². The molecule has 1 amide bonds. The molecule has 1 aromatic carbocycles. The highest BCUT2D eigenvalue weighted by atomic mass is 35.5. The quantitative estimate of drug-likeness (QED) is 0.372. The molecule has 4 aromatic rings. The lowest BCUT2D eigenvalue weighted by Gasteiger charge is -2.13. The lowest BCUT2D eigenvalue weighted by molar-refractivity contribution is 0.0947. The van der Waals surface area contributed by atoms with Gasteiger partial charge in [0, 0.05) is 34.6 Å². The first-order valence-corrected chi connectivity index (χ1v) is 10.2. The number of hydrogen-bond acceptors (Lipinski definition) is 8. The van der Waals surface area contributed by atoms with Crippen molar-refractivity contribution in [1.82, 2.24) is 20.3 Å². The van der Waals surface area contributed by atoms with Crippen LogP contribution in [0, 0.1) is 0 Å². The van der Waals surface area contributed by atoms with E-state index < -0.39 is 0 Å². The Bertz CT molecular complexity index is 1260. The fourth-order valence-corrected chi connectivity index (χ4v) is 4.65. The van der Waals surface area contributed by atoms with Crippen molar-refractivity contribution >= 4 is 67.2 Å². The molecule has 29 heavy (non-hydrogen) atoms. The van der Waals surface area contributed by atoms with Gasteiger partial charge in [-0.15, -0.1) is 11.3 Å². The van der Waals surface area contributed by atoms with E-state index >= 15 is 0 Å². The molecule has 4 heterocycles. The molecule has 0 fully saturated rings. The summed E-state index contributed by atoms with van der Waals surface area (Å²) >= 11 is 7.38. The average Bonchev–Trinajstić information content (AvgIpc) is 3.02. The lowest BCUT2D eigenvalue weighted by Crippen LogP contribution is -2.42. The summed E-state index contributed by atoms with van der Waals surface area (Å²) in [6.45, 7) is 0.967. The van der Waals surface area contributed by atoms with Crippen LogP contribution in [0.15, 0.2) is 36.7 Å². The van der Waals surface area contributed by atoms with Crippen molar-refractivity contribution in [3.05, 3.63) is 46.7 Å². The first-order valence-electron chi connectivity index (χ1n) is 8.98. The van der Waals surface area contributed by atoms with Crippen molar-refractivity contribution in [3.8, 4) is 0 Å². The van der Waals surface area contributed by atoms with Crippen LogP contribution < -0.4 is 21.7 Å². The van der Waals surface area contributed by atoms with Crippen LogP contribution in [0.4, 0.5) is 17.3 Å². The van der Waals surface area contributed by atoms with E-state index in [9.17, 15) is 4.79 Å². The molecule has 146 valence electrons. The van der Waals surface area contributed by atoms with E-state index in [-0.39, 0.29) is 11.9 Å². The van der Waals surface area contributed by atoms with Crippen molar-refractivity contribution in [2.45, 2.75) is 6.04 Å². The molecule has 0 bridgehead atoms. The molecule has 0 aliphatic carbocycles. The normalized spacial score (nSPS) is 16.2. The maximum atomic E-state index is 12.6. The molecular formula is C19H16ClN7OS. The Morgan fingerprint density at radius 3 is 2.97 bits per heavy atom. The molecule has 10 heteroatoms. The van der Waals surface area contributed by atoms with Crippen LogP contribution in [-0.2, 0) is 0 Å². The van der Waals surface area contributed by atoms with Gasteiger partial charge in [0.1, 0.15) is 28.0 Å². The van der Waals surface area contributed by atoms with Crippen LogP contribution in [-0.4, -0.2) is 40.0 Å². The largest absolute Gasteiger partial charge is 0.381 e. The minimum Gasteiger partial charge on any atom is -0.381 e. The molecule has 0 radical (unpaired) electrons. The number of halogens is 1. The van der Waals surface area contributed by atoms with Crippen molar-refractivity contribution in [1.29, 1.82) is 0 Å². The molecular weight excluding hydrogens is 410 g/mol. The van der Waals surface area contributed by atoms with Gasteiger partial charge in [0.25, 0.3) is 5.91 Å². The summed E-state index contributed by atoms with van der Waals surface area (Å²) in [5.41, 5.74) is 7.40. The fourth-order valence-electron chi connectivity index (χ4n) is 3.40. The number of hydrogen-bond donors (Lipinski definition) is 4. The highest BCUT2D eigenvalue weighted by Crippen LogP contribution is 2.41. The third kappa shape index (κ3) is 3.23. The molecule has 0 unspecified atom stereocenters. The zero-order chi connectivity index (χ0) is 20.0. The van der Waals surface area contributed by atoms with E-state index in [1.54, 1.807) is 6.07 Å². The van der Waals surface area contributed by atoms with Gasteiger partial charge in [-0.3, -0.25) is 4.79 Å². The molecule has 0 saturated carbocycles. The molecule has 0 saturated heterocycles. The summed E-state index contributed by atoms with van der Waals surface area (Å²) in [7, 11) is 0. The maximum Gasteiger partial charge on any atom is 0.263 e. The number of carbonyl (C=O) groups is 1. The van der Waals surface area contributed by atoms with Gasteiger partial charge in [-0.05, 0) is 24.3 Å². The van der Waals surface area contributed by atoms with Crippen molar-refractivity contribution in [3.63, 3.8) is 0 Å². The van der Waals surface area contributed by atoms with Gasteiger partial charge in [-0.25, -0.2) is 15.0 Å². The number of fused-ring (bicyclic) bond motifs is 5. The van der Waals surface area contributed by atoms with Gasteiger partial charge in [0.05, 0.1) is 17.2 Å². The number of amides is 1. The molecule has 1 aliphatic heterocycles. The van der Waals surface area contributed by atoms with Crippen LogP contribution >= 0.6 is 22.9 Å². The zero-order valence-corrected chi connectivity index (χ0v) is 16.6. The number of benzene rings is 1. The summed E-state index contributed by atoms with van der Waals surface area (Å²) in [6, 6.07) is 9.35. The third-order valence-electron chi connectivity index (χ3n) is 4.76. The number of rotatable bonds is 3. The van der Waals surface area contributed by atoms with Crippen LogP contribution in [0.1, 0.15) is 9.67 Å². The van der Waals surface area contributed by atoms with Gasteiger partial charge < -0.3 is 21.7 Å². The lowest BCUT2D eigenvalue weighted by atomic mass is 10.1. The Morgan fingerprint density at radius 2 is 2.14 bits per heavy atom. The highest BCUT2D eigenvalue weighted by molar-refractivity contribution is 7.21. The van der Waals surface area contributed by atoms with Crippen LogP contribution in [0.2, 0.25) is 5.15 Å². The van der Waals surface area contributed by atoms with E-state index in [0.29, 0.717) is 34.8 Å². The van der Waals surface area contributed by atoms with Crippen LogP contribution in [0.25, 0.3) is 21.0 Å². The van der Waals surface area contributed by atoms with Gasteiger partial charge in [-0.1, -0.05) is 11.6 Å². The molecule has 3 aromatic heterocycles. The van der Waals surface area contributed by atoms with Crippen molar-refractivity contribution < 1.29 is 4.79 Å². The second-order valence-electron chi connectivity index (χ2n) is 6.65. The smallest absolute Gasteiger partial charge is 0.263 e. The number of carbonyl (C=O) groups excluding carboxylic acids is 1. The zero-order valence-electron chi connectivity index (χ0n) is 15.1. The molecule has 1 atom stereocenters. The van der Waals surface area contributed by atoms with Crippen molar-refractivity contribution in [2.75, 3.05) is 23.7 Å². The number of nitrogens with one attached hydrogen (secondary N) is 3. The second kappa shape index (κ2) is 7.11. The Balaban J connectivity index is 1.59. The Hall–Kier alpha value is -3.01. The minimum atomic E-state index is -0.0965. The van der Waals surface area contributed by atoms with E-state index in [4.69, 9.17) is 22.3 Å². The number of nitrogens with zero attached hydrogens (tertiary/aromatic N) is 3. The molecule has 5 rings (SSSR count). The molecule has 1 aliphatic rings. The van der Waals surface area contributed by atoms with Crippen LogP contribution in [0.5, 0.6) is 0 Å². The number of pyridine rings is 1. The SMILES string of the molecule is NC[C@@H]1CNc2c(sc3ccc4nc(Nc5cc(Cl)ncn5)ccc4c23)C(=O)N1. The number of anilines is 3. The van der Waals surface area contributed by atoms with E-state index in [1.807, 2.05) is 24.3 Å². The fraction of sp³-hybridized carbons (Fsp3) is 0.158. The topological polar surface area (TPSA) is 118 Å².